The van der Waals surface area contributed by atoms with Crippen LogP contribution in [0.25, 0.3) is 0 Å². The second-order valence-corrected chi connectivity index (χ2v) is 7.77. The summed E-state index contributed by atoms with van der Waals surface area (Å²) in [6.45, 7) is 1.88. The highest BCUT2D eigenvalue weighted by Crippen LogP contribution is 2.30. The average molecular weight is 334 g/mol. The summed E-state index contributed by atoms with van der Waals surface area (Å²) >= 11 is 2.88. The number of benzene rings is 1. The Bertz CT molecular complexity index is 686. The van der Waals surface area contributed by atoms with Gasteiger partial charge in [-0.2, -0.15) is 0 Å². The van der Waals surface area contributed by atoms with Gasteiger partial charge >= 0.3 is 0 Å². The molecule has 2 N–H and O–H groups in total. The molecule has 5 nitrogen and oxygen atoms in total. The lowest BCUT2D eigenvalue weighted by molar-refractivity contribution is -0.115. The largest absolute Gasteiger partial charge is 0.363 e. The highest BCUT2D eigenvalue weighted by Gasteiger charge is 2.18. The zero-order chi connectivity index (χ0) is 15.5. The number of anilines is 2. The normalized spacial score (nSPS) is 14.5. The Morgan fingerprint density at radius 3 is 2.91 bits per heavy atom. The van der Waals surface area contributed by atoms with Gasteiger partial charge in [-0.1, -0.05) is 29.2 Å². The number of hydrogen-bond acceptors (Lipinski definition) is 6. The molecular weight excluding hydrogens is 316 g/mol. The van der Waals surface area contributed by atoms with Crippen molar-refractivity contribution in [3.05, 3.63) is 29.3 Å². The topological polar surface area (TPSA) is 66.9 Å². The van der Waals surface area contributed by atoms with Crippen molar-refractivity contribution < 1.29 is 4.79 Å². The minimum atomic E-state index is -0.217. The van der Waals surface area contributed by atoms with Crippen molar-refractivity contribution in [1.29, 1.82) is 0 Å². The molecule has 1 heterocycles. The Hall–Kier alpha value is -1.60. The van der Waals surface area contributed by atoms with E-state index < -0.39 is 0 Å². The molecule has 1 atom stereocenters. The predicted molar refractivity (Wildman–Crippen MR) is 91.9 cm³/mol. The van der Waals surface area contributed by atoms with E-state index in [9.17, 15) is 4.79 Å². The molecule has 3 rings (SSSR count). The fraction of sp³-hybridized carbons (Fsp3) is 0.400. The van der Waals surface area contributed by atoms with Crippen LogP contribution < -0.4 is 10.6 Å². The van der Waals surface area contributed by atoms with Gasteiger partial charge in [0.05, 0.1) is 5.25 Å². The molecule has 0 aliphatic heterocycles. The van der Waals surface area contributed by atoms with Gasteiger partial charge in [-0.15, -0.1) is 10.2 Å². The summed E-state index contributed by atoms with van der Waals surface area (Å²) in [6.07, 6.45) is 3.48. The van der Waals surface area contributed by atoms with E-state index in [-0.39, 0.29) is 11.2 Å². The van der Waals surface area contributed by atoms with Gasteiger partial charge in [0.15, 0.2) is 4.34 Å². The Morgan fingerprint density at radius 2 is 2.14 bits per heavy atom. The van der Waals surface area contributed by atoms with Crippen molar-refractivity contribution in [2.45, 2.75) is 35.8 Å². The van der Waals surface area contributed by atoms with E-state index in [0.717, 1.165) is 28.0 Å². The Kier molecular flexibility index (Phi) is 4.63. The van der Waals surface area contributed by atoms with Crippen LogP contribution in [0.15, 0.2) is 22.5 Å². The standard InChI is InChI=1S/C15H18N4OS2/c1-9(21-15-19-18-14(16-2)22-15)13(20)17-12-7-6-10-4-3-5-11(10)8-12/h6-9H,3-5H2,1-2H3,(H,16,18)(H,17,20)/t9-/m0/s1. The van der Waals surface area contributed by atoms with Gasteiger partial charge in [-0.05, 0) is 49.4 Å². The zero-order valence-corrected chi connectivity index (χ0v) is 14.2. The number of nitrogens with one attached hydrogen (secondary N) is 2. The molecule has 116 valence electrons. The molecule has 0 radical (unpaired) electrons. The third kappa shape index (κ3) is 3.41. The minimum Gasteiger partial charge on any atom is -0.363 e. The summed E-state index contributed by atoms with van der Waals surface area (Å²) in [5.74, 6) is -0.0100. The molecule has 1 aromatic carbocycles. The summed E-state index contributed by atoms with van der Waals surface area (Å²) < 4.78 is 0.793. The van der Waals surface area contributed by atoms with E-state index in [1.165, 1.54) is 40.6 Å². The third-order valence-electron chi connectivity index (χ3n) is 3.63. The molecule has 0 saturated heterocycles. The summed E-state index contributed by atoms with van der Waals surface area (Å²) in [6, 6.07) is 6.21. The van der Waals surface area contributed by atoms with Crippen LogP contribution in [0, 0.1) is 0 Å². The average Bonchev–Trinajstić information content (AvgIpc) is 3.15. The van der Waals surface area contributed by atoms with Gasteiger partial charge < -0.3 is 10.6 Å². The molecule has 1 aliphatic carbocycles. The lowest BCUT2D eigenvalue weighted by Crippen LogP contribution is -2.22. The van der Waals surface area contributed by atoms with E-state index >= 15 is 0 Å². The van der Waals surface area contributed by atoms with Crippen LogP contribution in [0.1, 0.15) is 24.5 Å². The summed E-state index contributed by atoms with van der Waals surface area (Å²) in [5.41, 5.74) is 3.65. The van der Waals surface area contributed by atoms with Gasteiger partial charge in [0, 0.05) is 12.7 Å². The van der Waals surface area contributed by atoms with Crippen LogP contribution in [0.2, 0.25) is 0 Å². The first-order chi connectivity index (χ1) is 10.7. The van der Waals surface area contributed by atoms with E-state index in [1.807, 2.05) is 13.0 Å². The number of amides is 1. The first-order valence-electron chi connectivity index (χ1n) is 7.26. The van der Waals surface area contributed by atoms with Crippen LogP contribution in [0.5, 0.6) is 0 Å². The number of fused-ring (bicyclic) bond motifs is 1. The van der Waals surface area contributed by atoms with Crippen molar-refractivity contribution in [2.75, 3.05) is 17.7 Å². The van der Waals surface area contributed by atoms with Crippen molar-refractivity contribution in [3.8, 4) is 0 Å². The molecular formula is C15H18N4OS2. The second kappa shape index (κ2) is 6.66. The quantitative estimate of drug-likeness (QED) is 0.822. The number of carbonyl (C=O) groups is 1. The Balaban J connectivity index is 1.61. The third-order valence-corrected chi connectivity index (χ3v) is 5.76. The van der Waals surface area contributed by atoms with Gasteiger partial charge in [-0.25, -0.2) is 0 Å². The van der Waals surface area contributed by atoms with Crippen molar-refractivity contribution in [3.63, 3.8) is 0 Å². The van der Waals surface area contributed by atoms with E-state index in [2.05, 4.69) is 33.0 Å². The second-order valence-electron chi connectivity index (χ2n) is 5.21. The molecule has 0 bridgehead atoms. The van der Waals surface area contributed by atoms with Crippen LogP contribution >= 0.6 is 23.1 Å². The summed E-state index contributed by atoms with van der Waals surface area (Å²) in [5, 5.41) is 14.5. The van der Waals surface area contributed by atoms with Crippen LogP contribution in [-0.4, -0.2) is 28.4 Å². The van der Waals surface area contributed by atoms with Gasteiger partial charge in [0.2, 0.25) is 11.0 Å². The molecule has 22 heavy (non-hydrogen) atoms. The maximum absolute atomic E-state index is 12.3. The van der Waals surface area contributed by atoms with Crippen molar-refractivity contribution in [2.24, 2.45) is 0 Å². The van der Waals surface area contributed by atoms with Gasteiger partial charge in [0.1, 0.15) is 0 Å². The van der Waals surface area contributed by atoms with E-state index in [0.29, 0.717) is 0 Å². The maximum Gasteiger partial charge on any atom is 0.237 e. The molecule has 1 aromatic heterocycles. The van der Waals surface area contributed by atoms with Crippen LogP contribution in [-0.2, 0) is 17.6 Å². The molecule has 0 fully saturated rings. The number of carbonyl (C=O) groups excluding carboxylic acids is 1. The van der Waals surface area contributed by atoms with Crippen molar-refractivity contribution >= 4 is 39.8 Å². The minimum absolute atomic E-state index is 0.0100. The fourth-order valence-corrected chi connectivity index (χ4v) is 4.31. The molecule has 0 unspecified atom stereocenters. The smallest absolute Gasteiger partial charge is 0.237 e. The first kappa shape index (κ1) is 15.3. The van der Waals surface area contributed by atoms with E-state index in [1.54, 1.807) is 7.05 Å². The highest BCUT2D eigenvalue weighted by molar-refractivity contribution is 8.02. The number of hydrogen-bond donors (Lipinski definition) is 2. The van der Waals surface area contributed by atoms with Gasteiger partial charge in [-0.3, -0.25) is 4.79 Å². The monoisotopic (exact) mass is 334 g/mol. The fourth-order valence-electron chi connectivity index (χ4n) is 2.46. The number of thioether (sulfide) groups is 1. The molecule has 1 amide bonds. The molecule has 7 heteroatoms. The zero-order valence-electron chi connectivity index (χ0n) is 12.5. The first-order valence-corrected chi connectivity index (χ1v) is 8.96. The molecule has 0 saturated carbocycles. The van der Waals surface area contributed by atoms with E-state index in [4.69, 9.17) is 0 Å². The lowest BCUT2D eigenvalue weighted by atomic mass is 10.1. The predicted octanol–water partition coefficient (Wildman–Crippen LogP) is 3.19. The summed E-state index contributed by atoms with van der Waals surface area (Å²) in [4.78, 5) is 12.3. The number of rotatable bonds is 5. The molecule has 2 aromatic rings. The SMILES string of the molecule is CNc1nnc(S[C@@H](C)C(=O)Nc2ccc3c(c2)CCC3)s1. The van der Waals surface area contributed by atoms with Crippen LogP contribution in [0.4, 0.5) is 10.8 Å². The molecule has 0 spiro atoms. The van der Waals surface area contributed by atoms with Crippen LogP contribution in [0.3, 0.4) is 0 Å². The Morgan fingerprint density at radius 1 is 1.32 bits per heavy atom. The number of nitrogens with zero attached hydrogens (tertiary/aromatic N) is 2. The van der Waals surface area contributed by atoms with Crippen molar-refractivity contribution in [1.82, 2.24) is 10.2 Å². The Labute approximate surface area is 137 Å². The maximum atomic E-state index is 12.3. The highest BCUT2D eigenvalue weighted by atomic mass is 32.2. The van der Waals surface area contributed by atoms with Gasteiger partial charge in [0.25, 0.3) is 0 Å². The number of aromatic nitrogens is 2. The number of aryl methyl sites for hydroxylation is 2. The molecule has 1 aliphatic rings. The summed E-state index contributed by atoms with van der Waals surface area (Å²) in [7, 11) is 1.80. The lowest BCUT2D eigenvalue weighted by Gasteiger charge is -2.11.